The molecule has 0 spiro atoms. The summed E-state index contributed by atoms with van der Waals surface area (Å²) >= 11 is 0. The summed E-state index contributed by atoms with van der Waals surface area (Å²) < 4.78 is 5.21. The number of esters is 1. The number of pyridine rings is 1. The second-order valence-corrected chi connectivity index (χ2v) is 4.24. The van der Waals surface area contributed by atoms with Gasteiger partial charge in [0.15, 0.2) is 0 Å². The Labute approximate surface area is 112 Å². The van der Waals surface area contributed by atoms with Gasteiger partial charge in [-0.1, -0.05) is 18.2 Å². The van der Waals surface area contributed by atoms with Gasteiger partial charge in [-0.3, -0.25) is 4.98 Å². The van der Waals surface area contributed by atoms with Crippen molar-refractivity contribution in [1.29, 1.82) is 0 Å². The van der Waals surface area contributed by atoms with Gasteiger partial charge in [-0.05, 0) is 30.7 Å². The van der Waals surface area contributed by atoms with E-state index in [0.717, 1.165) is 11.3 Å². The highest BCUT2D eigenvalue weighted by Crippen LogP contribution is 2.17. The van der Waals surface area contributed by atoms with E-state index in [1.807, 2.05) is 31.2 Å². The van der Waals surface area contributed by atoms with Crippen LogP contribution in [0.15, 0.2) is 42.6 Å². The van der Waals surface area contributed by atoms with Crippen LogP contribution in [-0.2, 0) is 11.2 Å². The fraction of sp³-hybridized carbons (Fsp3) is 0.200. The average Bonchev–Trinajstić information content (AvgIpc) is 2.43. The minimum atomic E-state index is -0.392. The largest absolute Gasteiger partial charge is 0.462 e. The van der Waals surface area contributed by atoms with Gasteiger partial charge in [0.05, 0.1) is 12.2 Å². The second-order valence-electron chi connectivity index (χ2n) is 4.24. The first-order valence-corrected chi connectivity index (χ1v) is 6.10. The zero-order valence-electron chi connectivity index (χ0n) is 10.8. The SMILES string of the molecule is Cc1cccc(C(=O)OCCc2ccccn2)c1N. The zero-order chi connectivity index (χ0) is 13.7. The van der Waals surface area contributed by atoms with Crippen LogP contribution < -0.4 is 5.73 Å². The van der Waals surface area contributed by atoms with E-state index in [1.54, 1.807) is 18.3 Å². The van der Waals surface area contributed by atoms with Crippen molar-refractivity contribution in [2.24, 2.45) is 0 Å². The molecule has 0 bridgehead atoms. The molecule has 1 aromatic carbocycles. The molecule has 0 atom stereocenters. The van der Waals surface area contributed by atoms with Crippen molar-refractivity contribution in [3.63, 3.8) is 0 Å². The van der Waals surface area contributed by atoms with E-state index >= 15 is 0 Å². The average molecular weight is 256 g/mol. The van der Waals surface area contributed by atoms with E-state index in [9.17, 15) is 4.79 Å². The number of nitrogens with zero attached hydrogens (tertiary/aromatic N) is 1. The van der Waals surface area contributed by atoms with Gasteiger partial charge in [0.2, 0.25) is 0 Å². The monoisotopic (exact) mass is 256 g/mol. The van der Waals surface area contributed by atoms with Crippen molar-refractivity contribution in [3.8, 4) is 0 Å². The molecule has 98 valence electrons. The molecule has 0 aliphatic rings. The molecule has 1 heterocycles. The highest BCUT2D eigenvalue weighted by molar-refractivity contribution is 5.95. The molecule has 0 aliphatic heterocycles. The van der Waals surface area contributed by atoms with E-state index in [1.165, 1.54) is 0 Å². The quantitative estimate of drug-likeness (QED) is 0.673. The molecule has 0 aliphatic carbocycles. The number of aryl methyl sites for hydroxylation is 1. The summed E-state index contributed by atoms with van der Waals surface area (Å²) in [4.78, 5) is 16.0. The lowest BCUT2D eigenvalue weighted by Crippen LogP contribution is -2.11. The normalized spacial score (nSPS) is 10.2. The predicted octanol–water partition coefficient (Wildman–Crippen LogP) is 2.37. The summed E-state index contributed by atoms with van der Waals surface area (Å²) in [6.45, 7) is 2.16. The molecule has 0 amide bonds. The number of rotatable bonds is 4. The van der Waals surface area contributed by atoms with Crippen LogP contribution in [0.3, 0.4) is 0 Å². The topological polar surface area (TPSA) is 65.2 Å². The first kappa shape index (κ1) is 13.1. The van der Waals surface area contributed by atoms with E-state index in [0.29, 0.717) is 24.3 Å². The lowest BCUT2D eigenvalue weighted by atomic mass is 10.1. The lowest BCUT2D eigenvalue weighted by molar-refractivity contribution is 0.0509. The van der Waals surface area contributed by atoms with Gasteiger partial charge in [-0.25, -0.2) is 4.79 Å². The Hall–Kier alpha value is -2.36. The number of nitrogen functional groups attached to an aromatic ring is 1. The zero-order valence-corrected chi connectivity index (χ0v) is 10.8. The molecular weight excluding hydrogens is 240 g/mol. The minimum Gasteiger partial charge on any atom is -0.462 e. The summed E-state index contributed by atoms with van der Waals surface area (Å²) in [5, 5.41) is 0. The van der Waals surface area contributed by atoms with Gasteiger partial charge < -0.3 is 10.5 Å². The summed E-state index contributed by atoms with van der Waals surface area (Å²) in [5.74, 6) is -0.392. The summed E-state index contributed by atoms with van der Waals surface area (Å²) in [6.07, 6.45) is 2.31. The highest BCUT2D eigenvalue weighted by Gasteiger charge is 2.12. The molecule has 0 saturated heterocycles. The Morgan fingerprint density at radius 3 is 2.84 bits per heavy atom. The predicted molar refractivity (Wildman–Crippen MR) is 73.8 cm³/mol. The fourth-order valence-electron chi connectivity index (χ4n) is 1.73. The summed E-state index contributed by atoms with van der Waals surface area (Å²) in [7, 11) is 0. The van der Waals surface area contributed by atoms with Crippen LogP contribution in [-0.4, -0.2) is 17.6 Å². The molecule has 0 radical (unpaired) electrons. The number of nitrogens with two attached hydrogens (primary N) is 1. The highest BCUT2D eigenvalue weighted by atomic mass is 16.5. The third kappa shape index (κ3) is 3.31. The number of ether oxygens (including phenoxy) is 1. The van der Waals surface area contributed by atoms with Gasteiger partial charge in [0.25, 0.3) is 0 Å². The standard InChI is InChI=1S/C15H16N2O2/c1-11-5-4-7-13(14(11)16)15(18)19-10-8-12-6-2-3-9-17-12/h2-7,9H,8,10,16H2,1H3. The fourth-order valence-corrected chi connectivity index (χ4v) is 1.73. The van der Waals surface area contributed by atoms with Crippen molar-refractivity contribution in [2.45, 2.75) is 13.3 Å². The molecular formula is C15H16N2O2. The number of carbonyl (C=O) groups excluding carboxylic acids is 1. The number of para-hydroxylation sites is 1. The Morgan fingerprint density at radius 2 is 2.11 bits per heavy atom. The Morgan fingerprint density at radius 1 is 1.26 bits per heavy atom. The van der Waals surface area contributed by atoms with Crippen molar-refractivity contribution < 1.29 is 9.53 Å². The van der Waals surface area contributed by atoms with Gasteiger partial charge in [0.1, 0.15) is 0 Å². The molecule has 4 nitrogen and oxygen atoms in total. The molecule has 19 heavy (non-hydrogen) atoms. The molecule has 4 heteroatoms. The van der Waals surface area contributed by atoms with Crippen molar-refractivity contribution >= 4 is 11.7 Å². The Kier molecular flexibility index (Phi) is 4.13. The van der Waals surface area contributed by atoms with E-state index in [-0.39, 0.29) is 0 Å². The second kappa shape index (κ2) is 6.00. The van der Waals surface area contributed by atoms with Crippen LogP contribution in [0.4, 0.5) is 5.69 Å². The smallest absolute Gasteiger partial charge is 0.340 e. The molecule has 2 rings (SSSR count). The third-order valence-electron chi connectivity index (χ3n) is 2.86. The van der Waals surface area contributed by atoms with Crippen LogP contribution >= 0.6 is 0 Å². The van der Waals surface area contributed by atoms with Gasteiger partial charge in [-0.15, -0.1) is 0 Å². The molecule has 2 aromatic rings. The van der Waals surface area contributed by atoms with Crippen LogP contribution in [0.5, 0.6) is 0 Å². The van der Waals surface area contributed by atoms with Crippen molar-refractivity contribution in [2.75, 3.05) is 12.3 Å². The molecule has 1 aromatic heterocycles. The van der Waals surface area contributed by atoms with Crippen molar-refractivity contribution in [1.82, 2.24) is 4.98 Å². The Balaban J connectivity index is 1.93. The van der Waals surface area contributed by atoms with Crippen LogP contribution in [0, 0.1) is 6.92 Å². The summed E-state index contributed by atoms with van der Waals surface area (Å²) in [5.41, 5.74) is 8.52. The van der Waals surface area contributed by atoms with Gasteiger partial charge >= 0.3 is 5.97 Å². The maximum absolute atomic E-state index is 11.9. The number of hydrogen-bond donors (Lipinski definition) is 1. The molecule has 0 fully saturated rings. The first-order chi connectivity index (χ1) is 9.18. The van der Waals surface area contributed by atoms with Gasteiger partial charge in [-0.2, -0.15) is 0 Å². The number of aromatic nitrogens is 1. The third-order valence-corrected chi connectivity index (χ3v) is 2.86. The van der Waals surface area contributed by atoms with E-state index < -0.39 is 5.97 Å². The maximum Gasteiger partial charge on any atom is 0.340 e. The first-order valence-electron chi connectivity index (χ1n) is 6.10. The van der Waals surface area contributed by atoms with Crippen LogP contribution in [0.1, 0.15) is 21.6 Å². The van der Waals surface area contributed by atoms with E-state index in [4.69, 9.17) is 10.5 Å². The molecule has 0 saturated carbocycles. The van der Waals surface area contributed by atoms with E-state index in [2.05, 4.69) is 4.98 Å². The maximum atomic E-state index is 11.9. The number of anilines is 1. The number of hydrogen-bond acceptors (Lipinski definition) is 4. The Bertz CT molecular complexity index is 568. The molecule has 2 N–H and O–H groups in total. The minimum absolute atomic E-state index is 0.295. The lowest BCUT2D eigenvalue weighted by Gasteiger charge is -2.08. The van der Waals surface area contributed by atoms with Crippen LogP contribution in [0.25, 0.3) is 0 Å². The van der Waals surface area contributed by atoms with Crippen LogP contribution in [0.2, 0.25) is 0 Å². The number of carbonyl (C=O) groups is 1. The molecule has 0 unspecified atom stereocenters. The van der Waals surface area contributed by atoms with Crippen molar-refractivity contribution in [3.05, 3.63) is 59.4 Å². The van der Waals surface area contributed by atoms with Gasteiger partial charge in [0, 0.05) is 24.0 Å². The number of benzene rings is 1. The summed E-state index contributed by atoms with van der Waals surface area (Å²) in [6, 6.07) is 11.0.